The van der Waals surface area contributed by atoms with E-state index in [1.54, 1.807) is 12.1 Å². The Morgan fingerprint density at radius 1 is 0.846 bits per heavy atom. The van der Waals surface area contributed by atoms with Crippen molar-refractivity contribution in [1.29, 1.82) is 0 Å². The molecule has 4 nitrogen and oxygen atoms in total. The second-order valence-electron chi connectivity index (χ2n) is 5.46. The number of para-hydroxylation sites is 3. The summed E-state index contributed by atoms with van der Waals surface area (Å²) in [6.45, 7) is -0.116. The van der Waals surface area contributed by atoms with E-state index in [1.165, 1.54) is 4.90 Å². The zero-order valence-corrected chi connectivity index (χ0v) is 14.9. The van der Waals surface area contributed by atoms with Gasteiger partial charge in [-0.2, -0.15) is 0 Å². The first-order valence-corrected chi connectivity index (χ1v) is 8.57. The fourth-order valence-electron chi connectivity index (χ4n) is 2.38. The summed E-state index contributed by atoms with van der Waals surface area (Å²) in [6.07, 6.45) is 0. The van der Waals surface area contributed by atoms with Crippen LogP contribution in [0.2, 0.25) is 0 Å². The molecule has 0 unspecified atom stereocenters. The summed E-state index contributed by atoms with van der Waals surface area (Å²) in [6, 6.07) is 28.0. The van der Waals surface area contributed by atoms with Crippen molar-refractivity contribution in [2.75, 3.05) is 16.8 Å². The first-order valence-electron chi connectivity index (χ1n) is 8.16. The SMILES string of the molecule is O=C(COc1ccccc1)N(C(=S)Nc1ccccc1)c1ccccc1. The van der Waals surface area contributed by atoms with E-state index in [9.17, 15) is 4.79 Å². The third kappa shape index (κ3) is 4.68. The number of nitrogens with zero attached hydrogens (tertiary/aromatic N) is 1. The molecule has 130 valence electrons. The number of anilines is 2. The van der Waals surface area contributed by atoms with E-state index in [1.807, 2.05) is 78.9 Å². The molecule has 0 fully saturated rings. The van der Waals surface area contributed by atoms with Crippen molar-refractivity contribution in [3.05, 3.63) is 91.0 Å². The van der Waals surface area contributed by atoms with Gasteiger partial charge in [-0.3, -0.25) is 9.69 Å². The molecule has 3 rings (SSSR count). The van der Waals surface area contributed by atoms with Crippen molar-refractivity contribution >= 4 is 34.6 Å². The lowest BCUT2D eigenvalue weighted by Crippen LogP contribution is -2.42. The van der Waals surface area contributed by atoms with Gasteiger partial charge in [0.05, 0.1) is 5.69 Å². The summed E-state index contributed by atoms with van der Waals surface area (Å²) in [5, 5.41) is 3.40. The highest BCUT2D eigenvalue weighted by molar-refractivity contribution is 7.80. The first-order chi connectivity index (χ1) is 12.7. The van der Waals surface area contributed by atoms with Crippen LogP contribution in [0.5, 0.6) is 5.75 Å². The molecule has 0 aliphatic heterocycles. The van der Waals surface area contributed by atoms with Crippen LogP contribution in [-0.4, -0.2) is 17.6 Å². The summed E-state index contributed by atoms with van der Waals surface area (Å²) in [7, 11) is 0. The molecule has 0 heterocycles. The maximum Gasteiger partial charge on any atom is 0.271 e. The van der Waals surface area contributed by atoms with Crippen molar-refractivity contribution in [2.24, 2.45) is 0 Å². The van der Waals surface area contributed by atoms with Crippen LogP contribution in [0, 0.1) is 0 Å². The molecular weight excluding hydrogens is 344 g/mol. The van der Waals surface area contributed by atoms with Crippen LogP contribution in [0.4, 0.5) is 11.4 Å². The Bertz CT molecular complexity index is 855. The predicted molar refractivity (Wildman–Crippen MR) is 109 cm³/mol. The molecule has 3 aromatic rings. The van der Waals surface area contributed by atoms with Crippen molar-refractivity contribution in [2.45, 2.75) is 0 Å². The second-order valence-corrected chi connectivity index (χ2v) is 5.85. The number of carbonyl (C=O) groups is 1. The highest BCUT2D eigenvalue weighted by Gasteiger charge is 2.21. The van der Waals surface area contributed by atoms with Gasteiger partial charge in [0.15, 0.2) is 11.7 Å². The molecule has 0 aliphatic rings. The van der Waals surface area contributed by atoms with Crippen molar-refractivity contribution < 1.29 is 9.53 Å². The van der Waals surface area contributed by atoms with Crippen molar-refractivity contribution in [3.63, 3.8) is 0 Å². The topological polar surface area (TPSA) is 41.6 Å². The molecule has 3 aromatic carbocycles. The average molecular weight is 362 g/mol. The number of ether oxygens (including phenoxy) is 1. The summed E-state index contributed by atoms with van der Waals surface area (Å²) in [5.41, 5.74) is 1.50. The zero-order valence-electron chi connectivity index (χ0n) is 14.0. The van der Waals surface area contributed by atoms with Crippen LogP contribution in [0.3, 0.4) is 0 Å². The van der Waals surface area contributed by atoms with Crippen molar-refractivity contribution in [3.8, 4) is 5.75 Å². The highest BCUT2D eigenvalue weighted by Crippen LogP contribution is 2.17. The largest absolute Gasteiger partial charge is 0.484 e. The molecule has 0 aromatic heterocycles. The molecule has 0 bridgehead atoms. The smallest absolute Gasteiger partial charge is 0.271 e. The minimum absolute atomic E-state index is 0.116. The van der Waals surface area contributed by atoms with Crippen molar-refractivity contribution in [1.82, 2.24) is 0 Å². The van der Waals surface area contributed by atoms with Crippen LogP contribution in [0.25, 0.3) is 0 Å². The van der Waals surface area contributed by atoms with E-state index in [0.29, 0.717) is 16.5 Å². The zero-order chi connectivity index (χ0) is 18.2. The summed E-state index contributed by atoms with van der Waals surface area (Å²) in [5.74, 6) is 0.379. The van der Waals surface area contributed by atoms with Gasteiger partial charge in [-0.25, -0.2) is 0 Å². The summed E-state index contributed by atoms with van der Waals surface area (Å²) >= 11 is 5.49. The number of carbonyl (C=O) groups excluding carboxylic acids is 1. The Labute approximate surface area is 158 Å². The lowest BCUT2D eigenvalue weighted by atomic mass is 10.3. The van der Waals surface area contributed by atoms with E-state index in [-0.39, 0.29) is 12.5 Å². The average Bonchev–Trinajstić information content (AvgIpc) is 2.69. The highest BCUT2D eigenvalue weighted by atomic mass is 32.1. The summed E-state index contributed by atoms with van der Waals surface area (Å²) in [4.78, 5) is 14.3. The molecule has 1 N–H and O–H groups in total. The number of hydrogen-bond donors (Lipinski definition) is 1. The third-order valence-electron chi connectivity index (χ3n) is 3.60. The fourth-order valence-corrected chi connectivity index (χ4v) is 2.70. The monoisotopic (exact) mass is 362 g/mol. The van der Waals surface area contributed by atoms with Gasteiger partial charge in [0, 0.05) is 5.69 Å². The number of amides is 1. The van der Waals surface area contributed by atoms with Gasteiger partial charge in [0.25, 0.3) is 5.91 Å². The van der Waals surface area contributed by atoms with E-state index < -0.39 is 0 Å². The standard InChI is InChI=1S/C21H18N2O2S/c24-20(16-25-19-14-8-3-9-15-19)23(18-12-6-2-7-13-18)21(26)22-17-10-4-1-5-11-17/h1-15H,16H2,(H,22,26). The Kier molecular flexibility index (Phi) is 5.96. The van der Waals surface area contributed by atoms with Crippen LogP contribution in [0.15, 0.2) is 91.0 Å². The minimum atomic E-state index is -0.256. The Balaban J connectivity index is 1.77. The predicted octanol–water partition coefficient (Wildman–Crippen LogP) is 4.50. The first kappa shape index (κ1) is 17.6. The molecule has 0 spiro atoms. The Morgan fingerprint density at radius 3 is 2.00 bits per heavy atom. The lowest BCUT2D eigenvalue weighted by molar-refractivity contribution is -0.119. The Hall–Kier alpha value is -3.18. The quantitative estimate of drug-likeness (QED) is 0.679. The summed E-state index contributed by atoms with van der Waals surface area (Å²) < 4.78 is 5.59. The van der Waals surface area contributed by atoms with E-state index in [4.69, 9.17) is 17.0 Å². The molecule has 0 aliphatic carbocycles. The van der Waals surface area contributed by atoms with Gasteiger partial charge in [-0.1, -0.05) is 54.6 Å². The van der Waals surface area contributed by atoms with E-state index >= 15 is 0 Å². The molecule has 0 radical (unpaired) electrons. The van der Waals surface area contributed by atoms with E-state index in [0.717, 1.165) is 5.69 Å². The maximum absolute atomic E-state index is 12.8. The second kappa shape index (κ2) is 8.78. The number of thiocarbonyl (C=S) groups is 1. The molecule has 0 saturated heterocycles. The third-order valence-corrected chi connectivity index (χ3v) is 3.88. The molecule has 0 atom stereocenters. The van der Waals surface area contributed by atoms with Crippen LogP contribution in [0.1, 0.15) is 0 Å². The van der Waals surface area contributed by atoms with Gasteiger partial charge in [0.2, 0.25) is 0 Å². The van der Waals surface area contributed by atoms with Crippen LogP contribution < -0.4 is 15.0 Å². The molecular formula is C21H18N2O2S. The lowest BCUT2D eigenvalue weighted by Gasteiger charge is -2.24. The molecule has 1 amide bonds. The van der Waals surface area contributed by atoms with Gasteiger partial charge >= 0.3 is 0 Å². The van der Waals surface area contributed by atoms with Gasteiger partial charge < -0.3 is 10.1 Å². The number of hydrogen-bond acceptors (Lipinski definition) is 3. The van der Waals surface area contributed by atoms with E-state index in [2.05, 4.69) is 5.32 Å². The maximum atomic E-state index is 12.8. The Morgan fingerprint density at radius 2 is 1.38 bits per heavy atom. The number of rotatable bonds is 5. The van der Waals surface area contributed by atoms with Gasteiger partial charge in [0.1, 0.15) is 5.75 Å². The molecule has 26 heavy (non-hydrogen) atoms. The number of nitrogens with one attached hydrogen (secondary N) is 1. The van der Waals surface area contributed by atoms with Gasteiger partial charge in [-0.15, -0.1) is 0 Å². The number of benzene rings is 3. The van der Waals surface area contributed by atoms with Crippen LogP contribution in [-0.2, 0) is 4.79 Å². The van der Waals surface area contributed by atoms with Crippen LogP contribution >= 0.6 is 12.2 Å². The van der Waals surface area contributed by atoms with Gasteiger partial charge in [-0.05, 0) is 48.6 Å². The molecule has 0 saturated carbocycles. The molecule has 5 heteroatoms. The minimum Gasteiger partial charge on any atom is -0.484 e. The fraction of sp³-hybridized carbons (Fsp3) is 0.0476. The normalized spacial score (nSPS) is 10.0.